The summed E-state index contributed by atoms with van der Waals surface area (Å²) in [5, 5.41) is 20.6. The minimum absolute atomic E-state index is 0.123. The summed E-state index contributed by atoms with van der Waals surface area (Å²) in [7, 11) is 0. The van der Waals surface area contributed by atoms with Crippen molar-refractivity contribution in [1.82, 2.24) is 15.2 Å². The van der Waals surface area contributed by atoms with Gasteiger partial charge in [0.25, 0.3) is 11.1 Å². The van der Waals surface area contributed by atoms with Gasteiger partial charge in [0.15, 0.2) is 0 Å². The highest BCUT2D eigenvalue weighted by Gasteiger charge is 2.15. The number of fused-ring (bicyclic) bond motifs is 2. The predicted molar refractivity (Wildman–Crippen MR) is 115 cm³/mol. The molecule has 5 aromatic rings. The van der Waals surface area contributed by atoms with Crippen LogP contribution in [0.4, 0.5) is 0 Å². The molecule has 5 rings (SSSR count). The zero-order valence-electron chi connectivity index (χ0n) is 16.0. The summed E-state index contributed by atoms with van der Waals surface area (Å²) in [6.45, 7) is 1.96. The number of benzene rings is 2. The molecule has 0 saturated carbocycles. The SMILES string of the molecule is CCc1cc2c(CSc3nnc(-c4c[nH]c5ccccc45)o3)cc(=O)oc2cc1O. The van der Waals surface area contributed by atoms with Gasteiger partial charge in [-0.15, -0.1) is 10.2 Å². The summed E-state index contributed by atoms with van der Waals surface area (Å²) < 4.78 is 11.1. The Kier molecular flexibility index (Phi) is 4.55. The number of hydrogen-bond donors (Lipinski definition) is 2. The van der Waals surface area contributed by atoms with Crippen molar-refractivity contribution in [2.45, 2.75) is 24.3 Å². The quantitative estimate of drug-likeness (QED) is 0.309. The maximum Gasteiger partial charge on any atom is 0.336 e. The van der Waals surface area contributed by atoms with Gasteiger partial charge >= 0.3 is 5.63 Å². The van der Waals surface area contributed by atoms with E-state index in [2.05, 4.69) is 15.2 Å². The number of aryl methyl sites for hydroxylation is 1. The average molecular weight is 419 g/mol. The second-order valence-electron chi connectivity index (χ2n) is 6.83. The number of aromatic nitrogens is 3. The Morgan fingerprint density at radius 2 is 1.93 bits per heavy atom. The van der Waals surface area contributed by atoms with Crippen LogP contribution in [0.15, 0.2) is 67.5 Å². The molecule has 8 heteroatoms. The Balaban J connectivity index is 1.44. The fourth-order valence-corrected chi connectivity index (χ4v) is 4.23. The van der Waals surface area contributed by atoms with Crippen LogP contribution >= 0.6 is 11.8 Å². The largest absolute Gasteiger partial charge is 0.508 e. The maximum atomic E-state index is 12.0. The number of rotatable bonds is 5. The van der Waals surface area contributed by atoms with Crippen LogP contribution in [0, 0.1) is 0 Å². The molecule has 3 aromatic heterocycles. The van der Waals surface area contributed by atoms with Crippen molar-refractivity contribution < 1.29 is 13.9 Å². The molecule has 0 saturated heterocycles. The Morgan fingerprint density at radius 3 is 2.80 bits per heavy atom. The van der Waals surface area contributed by atoms with Crippen LogP contribution in [-0.2, 0) is 12.2 Å². The Bertz CT molecular complexity index is 1430. The Morgan fingerprint density at radius 1 is 1.07 bits per heavy atom. The Hall–Kier alpha value is -3.52. The number of aromatic amines is 1. The van der Waals surface area contributed by atoms with E-state index in [9.17, 15) is 9.90 Å². The lowest BCUT2D eigenvalue weighted by atomic mass is 10.1. The number of phenols is 1. The number of nitrogens with one attached hydrogen (secondary N) is 1. The molecule has 0 fully saturated rings. The molecule has 30 heavy (non-hydrogen) atoms. The van der Waals surface area contributed by atoms with Crippen LogP contribution in [-0.4, -0.2) is 20.3 Å². The zero-order valence-corrected chi connectivity index (χ0v) is 16.8. The molecule has 0 radical (unpaired) electrons. The van der Waals surface area contributed by atoms with Gasteiger partial charge in [0.05, 0.1) is 5.56 Å². The first-order valence-electron chi connectivity index (χ1n) is 9.44. The summed E-state index contributed by atoms with van der Waals surface area (Å²) in [5.74, 6) is 1.01. The zero-order chi connectivity index (χ0) is 20.7. The average Bonchev–Trinajstić information content (AvgIpc) is 3.38. The molecule has 0 amide bonds. The molecule has 0 aliphatic carbocycles. The summed E-state index contributed by atoms with van der Waals surface area (Å²) in [6.07, 6.45) is 2.52. The first kappa shape index (κ1) is 18.5. The molecule has 150 valence electrons. The van der Waals surface area contributed by atoms with Crippen LogP contribution in [0.25, 0.3) is 33.3 Å². The fraction of sp³-hybridized carbons (Fsp3) is 0.136. The third-order valence-electron chi connectivity index (χ3n) is 4.99. The van der Waals surface area contributed by atoms with Gasteiger partial charge in [-0.05, 0) is 29.7 Å². The first-order chi connectivity index (χ1) is 14.6. The van der Waals surface area contributed by atoms with E-state index in [-0.39, 0.29) is 5.75 Å². The number of aromatic hydroxyl groups is 1. The number of hydrogen-bond acceptors (Lipinski definition) is 7. The number of phenolic OH excluding ortho intramolecular Hbond substituents is 1. The van der Waals surface area contributed by atoms with Crippen molar-refractivity contribution in [2.24, 2.45) is 0 Å². The standard InChI is InChI=1S/C22H17N3O4S/c1-2-12-7-15-13(8-20(27)28-19(15)9-18(12)26)11-30-22-25-24-21(29-22)16-10-23-17-6-4-3-5-14(16)17/h3-10,23,26H,2,11H2,1H3. The lowest BCUT2D eigenvalue weighted by Crippen LogP contribution is -2.00. The molecular formula is C22H17N3O4S. The summed E-state index contributed by atoms with van der Waals surface area (Å²) in [6, 6.07) is 12.7. The highest BCUT2D eigenvalue weighted by molar-refractivity contribution is 7.98. The summed E-state index contributed by atoms with van der Waals surface area (Å²) in [4.78, 5) is 15.1. The molecule has 2 aromatic carbocycles. The van der Waals surface area contributed by atoms with Gasteiger partial charge in [0.1, 0.15) is 11.3 Å². The Labute approximate surface area is 174 Å². The molecular weight excluding hydrogens is 402 g/mol. The minimum atomic E-state index is -0.466. The van der Waals surface area contributed by atoms with Gasteiger partial charge in [0, 0.05) is 40.4 Å². The van der Waals surface area contributed by atoms with Crippen LogP contribution < -0.4 is 5.63 Å². The van der Waals surface area contributed by atoms with Gasteiger partial charge in [-0.25, -0.2) is 4.79 Å². The van der Waals surface area contributed by atoms with Crippen LogP contribution in [0.1, 0.15) is 18.1 Å². The van der Waals surface area contributed by atoms with E-state index in [1.807, 2.05) is 43.5 Å². The smallest absolute Gasteiger partial charge is 0.336 e. The molecule has 0 aliphatic heterocycles. The first-order valence-corrected chi connectivity index (χ1v) is 10.4. The molecule has 7 nitrogen and oxygen atoms in total. The van der Waals surface area contributed by atoms with Crippen LogP contribution in [0.5, 0.6) is 5.75 Å². The molecule has 0 unspecified atom stereocenters. The van der Waals surface area contributed by atoms with E-state index in [4.69, 9.17) is 8.83 Å². The van der Waals surface area contributed by atoms with Crippen molar-refractivity contribution >= 4 is 33.6 Å². The second kappa shape index (κ2) is 7.38. The van der Waals surface area contributed by atoms with Gasteiger partial charge in [0.2, 0.25) is 0 Å². The predicted octanol–water partition coefficient (Wildman–Crippen LogP) is 4.88. The highest BCUT2D eigenvalue weighted by atomic mass is 32.2. The number of thioether (sulfide) groups is 1. The highest BCUT2D eigenvalue weighted by Crippen LogP contribution is 2.32. The number of H-pyrrole nitrogens is 1. The van der Waals surface area contributed by atoms with Crippen LogP contribution in [0.3, 0.4) is 0 Å². The molecule has 2 N–H and O–H groups in total. The number of para-hydroxylation sites is 1. The van der Waals surface area contributed by atoms with Crippen molar-refractivity contribution in [3.05, 3.63) is 70.2 Å². The molecule has 0 aliphatic rings. The maximum absolute atomic E-state index is 12.0. The van der Waals surface area contributed by atoms with Gasteiger partial charge in [-0.1, -0.05) is 36.9 Å². The topological polar surface area (TPSA) is 105 Å². The second-order valence-corrected chi connectivity index (χ2v) is 7.76. The van der Waals surface area contributed by atoms with E-state index in [0.717, 1.165) is 33.0 Å². The fourth-order valence-electron chi connectivity index (χ4n) is 3.47. The normalized spacial score (nSPS) is 11.5. The minimum Gasteiger partial charge on any atom is -0.508 e. The van der Waals surface area contributed by atoms with Crippen molar-refractivity contribution in [3.63, 3.8) is 0 Å². The van der Waals surface area contributed by atoms with E-state index in [1.165, 1.54) is 23.9 Å². The summed E-state index contributed by atoms with van der Waals surface area (Å²) in [5.41, 5.74) is 3.32. The molecule has 0 atom stereocenters. The lowest BCUT2D eigenvalue weighted by molar-refractivity contribution is 0.465. The lowest BCUT2D eigenvalue weighted by Gasteiger charge is -2.07. The molecule has 3 heterocycles. The van der Waals surface area contributed by atoms with E-state index < -0.39 is 5.63 Å². The summed E-state index contributed by atoms with van der Waals surface area (Å²) >= 11 is 1.34. The van der Waals surface area contributed by atoms with E-state index >= 15 is 0 Å². The monoisotopic (exact) mass is 419 g/mol. The van der Waals surface area contributed by atoms with E-state index in [1.54, 1.807) is 0 Å². The van der Waals surface area contributed by atoms with Gasteiger partial charge in [-0.2, -0.15) is 0 Å². The van der Waals surface area contributed by atoms with Gasteiger partial charge in [-0.3, -0.25) is 0 Å². The van der Waals surface area contributed by atoms with Crippen LogP contribution in [0.2, 0.25) is 0 Å². The van der Waals surface area contributed by atoms with Crippen molar-refractivity contribution in [3.8, 4) is 17.2 Å². The third-order valence-corrected chi connectivity index (χ3v) is 5.85. The van der Waals surface area contributed by atoms with E-state index in [0.29, 0.717) is 28.9 Å². The third kappa shape index (κ3) is 3.25. The van der Waals surface area contributed by atoms with Crippen molar-refractivity contribution in [1.29, 1.82) is 0 Å². The van der Waals surface area contributed by atoms with Gasteiger partial charge < -0.3 is 18.9 Å². The number of nitrogens with zero attached hydrogens (tertiary/aromatic N) is 2. The molecule has 0 bridgehead atoms. The molecule has 0 spiro atoms. The van der Waals surface area contributed by atoms with Crippen molar-refractivity contribution in [2.75, 3.05) is 0 Å².